The third kappa shape index (κ3) is 3.43. The maximum absolute atomic E-state index is 11.5. The lowest BCUT2D eigenvalue weighted by Crippen LogP contribution is -2.02. The first kappa shape index (κ1) is 19.3. The van der Waals surface area contributed by atoms with E-state index < -0.39 is 5.97 Å². The Morgan fingerprint density at radius 3 is 1.94 bits per heavy atom. The van der Waals surface area contributed by atoms with E-state index in [1.807, 2.05) is 18.2 Å². The molecule has 5 rings (SSSR count). The molecule has 0 spiro atoms. The van der Waals surface area contributed by atoms with Gasteiger partial charge in [-0.2, -0.15) is 0 Å². The van der Waals surface area contributed by atoms with Gasteiger partial charge < -0.3 is 5.11 Å². The minimum Gasteiger partial charge on any atom is -0.478 e. The molecule has 0 atom stereocenters. The van der Waals surface area contributed by atoms with Crippen LogP contribution in [-0.4, -0.2) is 11.1 Å². The monoisotopic (exact) mass is 420 g/mol. The number of thiophene rings is 1. The molecule has 31 heavy (non-hydrogen) atoms. The molecule has 1 N–H and O–H groups in total. The number of carboxylic acid groups (broad SMARTS) is 1. The van der Waals surface area contributed by atoms with E-state index in [-0.39, 0.29) is 5.57 Å². The van der Waals surface area contributed by atoms with Crippen molar-refractivity contribution in [1.29, 1.82) is 0 Å². The first-order valence-electron chi connectivity index (χ1n) is 10.1. The smallest absolute Gasteiger partial charge is 0.331 e. The number of rotatable bonds is 5. The van der Waals surface area contributed by atoms with Crippen LogP contribution in [0.4, 0.5) is 0 Å². The van der Waals surface area contributed by atoms with Gasteiger partial charge in [0.05, 0.1) is 0 Å². The van der Waals surface area contributed by atoms with Crippen LogP contribution in [0, 0.1) is 0 Å². The minimum absolute atomic E-state index is 0.202. The van der Waals surface area contributed by atoms with Crippen LogP contribution < -0.4 is 0 Å². The highest BCUT2D eigenvalue weighted by Crippen LogP contribution is 2.44. The van der Waals surface area contributed by atoms with E-state index in [2.05, 4.69) is 78.7 Å². The number of aliphatic carboxylic acids is 1. The van der Waals surface area contributed by atoms with Gasteiger partial charge in [0, 0.05) is 28.0 Å². The Morgan fingerprint density at radius 1 is 0.742 bits per heavy atom. The number of fused-ring (bicyclic) bond motifs is 2. The van der Waals surface area contributed by atoms with Crippen molar-refractivity contribution in [3.05, 3.63) is 107 Å². The van der Waals surface area contributed by atoms with E-state index in [0.717, 1.165) is 37.9 Å². The molecule has 5 aromatic rings. The average molecular weight is 421 g/mol. The van der Waals surface area contributed by atoms with Crippen LogP contribution in [0.15, 0.2) is 102 Å². The van der Waals surface area contributed by atoms with Crippen LogP contribution in [0.1, 0.15) is 4.88 Å². The van der Waals surface area contributed by atoms with Crippen molar-refractivity contribution in [2.45, 2.75) is 6.42 Å². The Hall–Kier alpha value is -3.69. The minimum atomic E-state index is -0.955. The number of hydrogen-bond acceptors (Lipinski definition) is 2. The summed E-state index contributed by atoms with van der Waals surface area (Å²) < 4.78 is 0. The molecule has 0 unspecified atom stereocenters. The molecule has 0 amide bonds. The zero-order valence-electron chi connectivity index (χ0n) is 16.8. The van der Waals surface area contributed by atoms with Crippen molar-refractivity contribution < 1.29 is 9.90 Å². The summed E-state index contributed by atoms with van der Waals surface area (Å²) in [6, 6.07) is 29.4. The summed E-state index contributed by atoms with van der Waals surface area (Å²) in [6.07, 6.45) is 0.323. The van der Waals surface area contributed by atoms with Gasteiger partial charge >= 0.3 is 5.97 Å². The molecule has 0 saturated carbocycles. The van der Waals surface area contributed by atoms with E-state index in [0.29, 0.717) is 6.42 Å². The molecule has 3 heteroatoms. The second-order valence-electron chi connectivity index (χ2n) is 7.59. The fourth-order valence-electron chi connectivity index (χ4n) is 4.19. The predicted molar refractivity (Wildman–Crippen MR) is 131 cm³/mol. The lowest BCUT2D eigenvalue weighted by molar-refractivity contribution is -0.132. The first-order chi connectivity index (χ1) is 15.1. The topological polar surface area (TPSA) is 37.3 Å². The van der Waals surface area contributed by atoms with E-state index in [4.69, 9.17) is 0 Å². The SMILES string of the molecule is C=C(Cc1scc(-c2cccc3ccccc23)c1-c1cccc2ccccc12)C(=O)O. The highest BCUT2D eigenvalue weighted by Gasteiger charge is 2.20. The maximum atomic E-state index is 11.5. The zero-order chi connectivity index (χ0) is 21.4. The van der Waals surface area contributed by atoms with Gasteiger partial charge in [0.15, 0.2) is 0 Å². The van der Waals surface area contributed by atoms with E-state index in [9.17, 15) is 9.90 Å². The van der Waals surface area contributed by atoms with Gasteiger partial charge in [0.1, 0.15) is 0 Å². The molecule has 1 heterocycles. The summed E-state index contributed by atoms with van der Waals surface area (Å²) >= 11 is 1.60. The number of benzene rings is 4. The maximum Gasteiger partial charge on any atom is 0.331 e. The molecule has 0 radical (unpaired) electrons. The number of hydrogen-bond donors (Lipinski definition) is 1. The largest absolute Gasteiger partial charge is 0.478 e. The van der Waals surface area contributed by atoms with Gasteiger partial charge in [-0.1, -0.05) is 91.5 Å². The van der Waals surface area contributed by atoms with Gasteiger partial charge in [0.2, 0.25) is 0 Å². The lowest BCUT2D eigenvalue weighted by Gasteiger charge is -2.13. The molecule has 4 aromatic carbocycles. The Kier molecular flexibility index (Phi) is 4.89. The number of carboxylic acids is 1. The lowest BCUT2D eigenvalue weighted by atomic mass is 9.90. The van der Waals surface area contributed by atoms with Gasteiger partial charge in [-0.05, 0) is 38.1 Å². The van der Waals surface area contributed by atoms with Gasteiger partial charge in [0.25, 0.3) is 0 Å². The second-order valence-corrected chi connectivity index (χ2v) is 8.55. The molecule has 0 bridgehead atoms. The van der Waals surface area contributed by atoms with Crippen molar-refractivity contribution in [3.63, 3.8) is 0 Å². The normalized spacial score (nSPS) is 11.1. The molecule has 0 aliphatic carbocycles. The molecule has 0 aliphatic rings. The van der Waals surface area contributed by atoms with E-state index >= 15 is 0 Å². The van der Waals surface area contributed by atoms with Crippen molar-refractivity contribution in [1.82, 2.24) is 0 Å². The van der Waals surface area contributed by atoms with E-state index in [1.165, 1.54) is 10.8 Å². The molecule has 150 valence electrons. The van der Waals surface area contributed by atoms with Crippen molar-refractivity contribution >= 4 is 38.9 Å². The van der Waals surface area contributed by atoms with Crippen molar-refractivity contribution in [3.8, 4) is 22.3 Å². The van der Waals surface area contributed by atoms with Crippen molar-refractivity contribution in [2.24, 2.45) is 0 Å². The summed E-state index contributed by atoms with van der Waals surface area (Å²) in [4.78, 5) is 12.5. The average Bonchev–Trinajstić information content (AvgIpc) is 3.21. The van der Waals surface area contributed by atoms with E-state index in [1.54, 1.807) is 11.3 Å². The second kappa shape index (κ2) is 7.86. The van der Waals surface area contributed by atoms with Gasteiger partial charge in [-0.15, -0.1) is 11.3 Å². The first-order valence-corrected chi connectivity index (χ1v) is 11.0. The summed E-state index contributed by atoms with van der Waals surface area (Å²) in [6.45, 7) is 3.79. The molecule has 1 aromatic heterocycles. The molecule has 2 nitrogen and oxygen atoms in total. The summed E-state index contributed by atoms with van der Waals surface area (Å²) in [5.41, 5.74) is 4.71. The van der Waals surface area contributed by atoms with Gasteiger partial charge in [-0.3, -0.25) is 0 Å². The zero-order valence-corrected chi connectivity index (χ0v) is 17.7. The summed E-state index contributed by atoms with van der Waals surface area (Å²) in [5, 5.41) is 16.3. The highest BCUT2D eigenvalue weighted by molar-refractivity contribution is 7.11. The van der Waals surface area contributed by atoms with Gasteiger partial charge in [-0.25, -0.2) is 4.79 Å². The standard InChI is InChI=1S/C28H20O2S/c1-18(28(29)30)16-26-27(24-15-7-11-20-9-3-5-13-22(20)24)25(17-31-26)23-14-6-10-19-8-2-4-12-21(19)23/h2-15,17H,1,16H2,(H,29,30). The third-order valence-electron chi connectivity index (χ3n) is 5.68. The van der Waals surface area contributed by atoms with Crippen LogP contribution >= 0.6 is 11.3 Å². The quantitative estimate of drug-likeness (QED) is 0.298. The number of carbonyl (C=O) groups is 1. The predicted octanol–water partition coefficient (Wildman–Crippen LogP) is 7.57. The Balaban J connectivity index is 1.82. The Labute approximate surface area is 184 Å². The van der Waals surface area contributed by atoms with Crippen LogP contribution in [0.3, 0.4) is 0 Å². The van der Waals surface area contributed by atoms with Crippen LogP contribution in [0.25, 0.3) is 43.8 Å². The molecular formula is C28H20O2S. The van der Waals surface area contributed by atoms with Crippen LogP contribution in [-0.2, 0) is 11.2 Å². The molecular weight excluding hydrogens is 400 g/mol. The van der Waals surface area contributed by atoms with Crippen molar-refractivity contribution in [2.75, 3.05) is 0 Å². The van der Waals surface area contributed by atoms with Crippen LogP contribution in [0.2, 0.25) is 0 Å². The van der Waals surface area contributed by atoms with Crippen LogP contribution in [0.5, 0.6) is 0 Å². The Bertz CT molecular complexity index is 1450. The fourth-order valence-corrected chi connectivity index (χ4v) is 5.29. The Morgan fingerprint density at radius 2 is 1.29 bits per heavy atom. The molecule has 0 saturated heterocycles. The summed E-state index contributed by atoms with van der Waals surface area (Å²) in [7, 11) is 0. The fraction of sp³-hybridized carbons (Fsp3) is 0.0357. The molecule has 0 aliphatic heterocycles. The molecule has 0 fully saturated rings. The summed E-state index contributed by atoms with van der Waals surface area (Å²) in [5.74, 6) is -0.955. The highest BCUT2D eigenvalue weighted by atomic mass is 32.1. The third-order valence-corrected chi connectivity index (χ3v) is 6.67.